The summed E-state index contributed by atoms with van der Waals surface area (Å²) in [4.78, 5) is 22.4. The molecule has 18 heavy (non-hydrogen) atoms. The summed E-state index contributed by atoms with van der Waals surface area (Å²) in [7, 11) is 0. The van der Waals surface area contributed by atoms with Crippen molar-refractivity contribution in [1.82, 2.24) is 10.6 Å². The van der Waals surface area contributed by atoms with Crippen LogP contribution in [-0.4, -0.2) is 29.7 Å². The first kappa shape index (κ1) is 14.8. The third-order valence-corrected chi connectivity index (χ3v) is 3.83. The first-order chi connectivity index (χ1) is 8.54. The fraction of sp³-hybridized carbons (Fsp3) is 0.846. The summed E-state index contributed by atoms with van der Waals surface area (Å²) < 4.78 is 0. The van der Waals surface area contributed by atoms with Gasteiger partial charge in [-0.25, -0.2) is 9.59 Å². The number of nitrogens with one attached hydrogen (secondary N) is 2. The van der Waals surface area contributed by atoms with Crippen molar-refractivity contribution in [3.63, 3.8) is 0 Å². The molecule has 0 aromatic rings. The predicted molar refractivity (Wildman–Crippen MR) is 69.4 cm³/mol. The summed E-state index contributed by atoms with van der Waals surface area (Å²) in [6, 6.07) is -1.17. The van der Waals surface area contributed by atoms with Gasteiger partial charge in [-0.3, -0.25) is 0 Å². The van der Waals surface area contributed by atoms with Crippen LogP contribution in [0.2, 0.25) is 0 Å². The molecule has 0 aliphatic heterocycles. The first-order valence-electron chi connectivity index (χ1n) is 6.81. The molecule has 1 aliphatic rings. The average Bonchev–Trinajstić information content (AvgIpc) is 2.34. The van der Waals surface area contributed by atoms with Crippen LogP contribution in [0.5, 0.6) is 0 Å². The Hall–Kier alpha value is -1.26. The van der Waals surface area contributed by atoms with E-state index < -0.39 is 12.0 Å². The maximum atomic E-state index is 11.6. The van der Waals surface area contributed by atoms with Gasteiger partial charge in [0.2, 0.25) is 0 Å². The third-order valence-electron chi connectivity index (χ3n) is 3.83. The van der Waals surface area contributed by atoms with E-state index in [1.165, 1.54) is 19.3 Å². The van der Waals surface area contributed by atoms with Crippen molar-refractivity contribution in [2.24, 2.45) is 11.8 Å². The molecule has 1 rings (SSSR count). The molecule has 3 N–H and O–H groups in total. The first-order valence-corrected chi connectivity index (χ1v) is 6.81. The van der Waals surface area contributed by atoms with Crippen LogP contribution in [0, 0.1) is 11.8 Å². The molecule has 0 heterocycles. The second kappa shape index (κ2) is 7.24. The summed E-state index contributed by atoms with van der Waals surface area (Å²) >= 11 is 0. The summed E-state index contributed by atoms with van der Waals surface area (Å²) in [5.74, 6) is 0.175. The molecule has 104 valence electrons. The summed E-state index contributed by atoms with van der Waals surface area (Å²) in [5.41, 5.74) is 0. The second-order valence-electron chi connectivity index (χ2n) is 5.18. The SMILES string of the molecule is CC[C@@H](NC(=O)NCC1CCCCC1C)C(=O)O. The van der Waals surface area contributed by atoms with Crippen LogP contribution < -0.4 is 10.6 Å². The number of carbonyl (C=O) groups is 2. The lowest BCUT2D eigenvalue weighted by atomic mass is 9.80. The van der Waals surface area contributed by atoms with Crippen LogP contribution in [0.3, 0.4) is 0 Å². The smallest absolute Gasteiger partial charge is 0.326 e. The average molecular weight is 256 g/mol. The standard InChI is InChI=1S/C13H24N2O3/c1-3-11(12(16)17)15-13(18)14-8-10-7-5-4-6-9(10)2/h9-11H,3-8H2,1-2H3,(H,16,17)(H2,14,15,18)/t9?,10?,11-/m1/s1. The highest BCUT2D eigenvalue weighted by Crippen LogP contribution is 2.28. The quantitative estimate of drug-likeness (QED) is 0.703. The largest absolute Gasteiger partial charge is 0.480 e. The van der Waals surface area contributed by atoms with Gasteiger partial charge in [0.1, 0.15) is 6.04 Å². The van der Waals surface area contributed by atoms with Crippen molar-refractivity contribution >= 4 is 12.0 Å². The molecule has 1 fully saturated rings. The second-order valence-corrected chi connectivity index (χ2v) is 5.18. The van der Waals surface area contributed by atoms with Crippen molar-refractivity contribution in [3.8, 4) is 0 Å². The predicted octanol–water partition coefficient (Wildman–Crippen LogP) is 1.98. The highest BCUT2D eigenvalue weighted by atomic mass is 16.4. The van der Waals surface area contributed by atoms with Gasteiger partial charge in [-0.2, -0.15) is 0 Å². The Labute approximate surface area is 108 Å². The molecule has 5 nitrogen and oxygen atoms in total. The van der Waals surface area contributed by atoms with Crippen LogP contribution in [0.15, 0.2) is 0 Å². The van der Waals surface area contributed by atoms with Crippen molar-refractivity contribution in [2.45, 2.75) is 52.0 Å². The van der Waals surface area contributed by atoms with Crippen molar-refractivity contribution in [3.05, 3.63) is 0 Å². The monoisotopic (exact) mass is 256 g/mol. The minimum Gasteiger partial charge on any atom is -0.480 e. The molecule has 3 atom stereocenters. The molecule has 0 radical (unpaired) electrons. The van der Waals surface area contributed by atoms with E-state index in [0.717, 1.165) is 6.42 Å². The number of carboxylic acids is 1. The number of aliphatic carboxylic acids is 1. The third kappa shape index (κ3) is 4.55. The normalized spacial score (nSPS) is 25.2. The molecule has 0 bridgehead atoms. The number of hydrogen-bond acceptors (Lipinski definition) is 2. The lowest BCUT2D eigenvalue weighted by Gasteiger charge is -2.29. The Kier molecular flexibility index (Phi) is 5.95. The molecule has 0 saturated heterocycles. The molecular formula is C13H24N2O3. The molecular weight excluding hydrogens is 232 g/mol. The van der Waals surface area contributed by atoms with Gasteiger partial charge >= 0.3 is 12.0 Å². The van der Waals surface area contributed by atoms with Gasteiger partial charge in [0.15, 0.2) is 0 Å². The van der Waals surface area contributed by atoms with E-state index in [1.54, 1.807) is 6.92 Å². The van der Waals surface area contributed by atoms with Crippen LogP contribution in [0.4, 0.5) is 4.79 Å². The van der Waals surface area contributed by atoms with E-state index in [2.05, 4.69) is 17.6 Å². The van der Waals surface area contributed by atoms with E-state index in [0.29, 0.717) is 24.8 Å². The Balaban J connectivity index is 2.29. The minimum absolute atomic E-state index is 0.373. The van der Waals surface area contributed by atoms with Crippen molar-refractivity contribution in [2.75, 3.05) is 6.54 Å². The zero-order valence-electron chi connectivity index (χ0n) is 11.2. The van der Waals surface area contributed by atoms with Crippen molar-refractivity contribution < 1.29 is 14.7 Å². The fourth-order valence-electron chi connectivity index (χ4n) is 2.47. The van der Waals surface area contributed by atoms with Gasteiger partial charge in [-0.1, -0.05) is 33.1 Å². The van der Waals surface area contributed by atoms with Gasteiger partial charge in [-0.15, -0.1) is 0 Å². The Morgan fingerprint density at radius 3 is 2.56 bits per heavy atom. The summed E-state index contributed by atoms with van der Waals surface area (Å²) in [6.45, 7) is 4.60. The van der Waals surface area contributed by atoms with Gasteiger partial charge in [-0.05, 0) is 24.7 Å². The summed E-state index contributed by atoms with van der Waals surface area (Å²) in [5, 5.41) is 14.1. The van der Waals surface area contributed by atoms with E-state index in [4.69, 9.17) is 5.11 Å². The zero-order chi connectivity index (χ0) is 13.5. The molecule has 1 aliphatic carbocycles. The number of carboxylic acid groups (broad SMARTS) is 1. The van der Waals surface area contributed by atoms with Crippen LogP contribution >= 0.6 is 0 Å². The van der Waals surface area contributed by atoms with Gasteiger partial charge in [0, 0.05) is 6.54 Å². The molecule has 0 aromatic carbocycles. The lowest BCUT2D eigenvalue weighted by molar-refractivity contribution is -0.139. The number of amides is 2. The highest BCUT2D eigenvalue weighted by Gasteiger charge is 2.22. The Morgan fingerprint density at radius 1 is 1.33 bits per heavy atom. The Bertz CT molecular complexity index is 294. The van der Waals surface area contributed by atoms with Crippen LogP contribution in [-0.2, 0) is 4.79 Å². The van der Waals surface area contributed by atoms with Crippen LogP contribution in [0.25, 0.3) is 0 Å². The summed E-state index contributed by atoms with van der Waals surface area (Å²) in [6.07, 6.45) is 5.27. The maximum Gasteiger partial charge on any atom is 0.326 e. The number of rotatable bonds is 5. The van der Waals surface area contributed by atoms with E-state index in [-0.39, 0.29) is 6.03 Å². The van der Waals surface area contributed by atoms with E-state index >= 15 is 0 Å². The number of hydrogen-bond donors (Lipinski definition) is 3. The molecule has 1 saturated carbocycles. The van der Waals surface area contributed by atoms with E-state index in [1.807, 2.05) is 0 Å². The molecule has 0 aromatic heterocycles. The number of urea groups is 1. The maximum absolute atomic E-state index is 11.6. The fourth-order valence-corrected chi connectivity index (χ4v) is 2.47. The van der Waals surface area contributed by atoms with Gasteiger partial charge in [0.05, 0.1) is 0 Å². The highest BCUT2D eigenvalue weighted by molar-refractivity contribution is 5.82. The van der Waals surface area contributed by atoms with E-state index in [9.17, 15) is 9.59 Å². The molecule has 2 unspecified atom stereocenters. The molecule has 2 amide bonds. The Morgan fingerprint density at radius 2 is 2.00 bits per heavy atom. The lowest BCUT2D eigenvalue weighted by Crippen LogP contribution is -2.47. The van der Waals surface area contributed by atoms with Crippen LogP contribution in [0.1, 0.15) is 46.0 Å². The number of carbonyl (C=O) groups excluding carboxylic acids is 1. The topological polar surface area (TPSA) is 78.4 Å². The minimum atomic E-state index is -0.987. The van der Waals surface area contributed by atoms with Crippen molar-refractivity contribution in [1.29, 1.82) is 0 Å². The zero-order valence-corrected chi connectivity index (χ0v) is 11.2. The molecule has 0 spiro atoms. The van der Waals surface area contributed by atoms with Gasteiger partial charge in [0.25, 0.3) is 0 Å². The molecule has 5 heteroatoms. The van der Waals surface area contributed by atoms with Gasteiger partial charge < -0.3 is 15.7 Å².